The normalized spacial score (nSPS) is 11.9. The molecule has 1 nitrogen and oxygen atoms in total. The van der Waals surface area contributed by atoms with Crippen LogP contribution in [0.4, 0.5) is 17.1 Å². The molecule has 0 aliphatic carbocycles. The maximum absolute atomic E-state index is 2.34. The van der Waals surface area contributed by atoms with Crippen molar-refractivity contribution >= 4 is 61.9 Å². The molecule has 9 rings (SSSR count). The third kappa shape index (κ3) is 7.19. The van der Waals surface area contributed by atoms with E-state index in [1.54, 1.807) is 0 Å². The summed E-state index contributed by atoms with van der Waals surface area (Å²) in [5.74, 6) is 0. The molecule has 0 unspecified atom stereocenters. The zero-order valence-corrected chi connectivity index (χ0v) is 31.4. The number of anilines is 3. The number of rotatable bonds is 9. The average Bonchev–Trinajstić information content (AvgIpc) is 3.27. The van der Waals surface area contributed by atoms with Crippen molar-refractivity contribution in [3.05, 3.63) is 257 Å². The van der Waals surface area contributed by atoms with Crippen LogP contribution in [0.2, 0.25) is 0 Å². The highest BCUT2D eigenvalue weighted by Crippen LogP contribution is 2.38. The van der Waals surface area contributed by atoms with Crippen LogP contribution in [0.3, 0.4) is 0 Å². The molecule has 1 heteroatoms. The number of benzene rings is 9. The molecule has 0 fully saturated rings. The smallest absolute Gasteiger partial charge is 0.0462 e. The van der Waals surface area contributed by atoms with Gasteiger partial charge in [-0.2, -0.15) is 0 Å². The Morgan fingerprint density at radius 3 is 1.12 bits per heavy atom. The van der Waals surface area contributed by atoms with Crippen molar-refractivity contribution < 1.29 is 0 Å². The van der Waals surface area contributed by atoms with E-state index in [0.29, 0.717) is 0 Å². The van der Waals surface area contributed by atoms with E-state index < -0.39 is 0 Å². The number of hydrogen-bond donors (Lipinski definition) is 0. The Hall–Kier alpha value is -7.22. The number of nitrogens with zero attached hydrogens (tertiary/aromatic N) is 1. The van der Waals surface area contributed by atoms with Gasteiger partial charge in [0.1, 0.15) is 0 Å². The molecule has 0 spiro atoms. The van der Waals surface area contributed by atoms with E-state index in [0.717, 1.165) is 28.2 Å². The maximum Gasteiger partial charge on any atom is 0.0462 e. The standard InChI is InChI=1S/C55H41N/c1-40-26-32-47(33-27-40)56(48-34-28-41(29-35-48)38-54(45-14-4-2-5-15-45)52-24-12-20-43-18-8-10-22-50(43)52)49-36-30-42(31-37-49)39-55(46-16-6-3-7-17-46)53-25-13-21-44-19-9-11-23-51(44)53/h2-39H,1H3. The van der Waals surface area contributed by atoms with Crippen molar-refractivity contribution in [2.75, 3.05) is 4.90 Å². The second-order valence-electron chi connectivity index (χ2n) is 14.3. The molecule has 0 radical (unpaired) electrons. The van der Waals surface area contributed by atoms with E-state index >= 15 is 0 Å². The van der Waals surface area contributed by atoms with Crippen molar-refractivity contribution in [2.24, 2.45) is 0 Å². The Morgan fingerprint density at radius 1 is 0.339 bits per heavy atom. The van der Waals surface area contributed by atoms with Gasteiger partial charge in [-0.15, -0.1) is 0 Å². The summed E-state index contributed by atoms with van der Waals surface area (Å²) in [4.78, 5) is 2.34. The molecule has 0 aliphatic heterocycles. The minimum atomic E-state index is 1.10. The van der Waals surface area contributed by atoms with Crippen LogP contribution >= 0.6 is 0 Å². The predicted molar refractivity (Wildman–Crippen MR) is 241 cm³/mol. The Bertz CT molecular complexity index is 2620. The second kappa shape index (κ2) is 15.6. The summed E-state index contributed by atoms with van der Waals surface area (Å²) < 4.78 is 0. The highest BCUT2D eigenvalue weighted by Gasteiger charge is 2.15. The van der Waals surface area contributed by atoms with Crippen molar-refractivity contribution in [1.82, 2.24) is 0 Å². The van der Waals surface area contributed by atoms with Crippen LogP contribution in [0.1, 0.15) is 38.9 Å². The summed E-state index contributed by atoms with van der Waals surface area (Å²) in [5, 5.41) is 4.97. The van der Waals surface area contributed by atoms with Crippen molar-refractivity contribution in [3.8, 4) is 0 Å². The van der Waals surface area contributed by atoms with Gasteiger partial charge in [0, 0.05) is 17.1 Å². The Kier molecular flexibility index (Phi) is 9.64. The minimum Gasteiger partial charge on any atom is -0.311 e. The fourth-order valence-electron chi connectivity index (χ4n) is 7.70. The van der Waals surface area contributed by atoms with Crippen LogP contribution in [0.5, 0.6) is 0 Å². The summed E-state index contributed by atoms with van der Waals surface area (Å²) in [5.41, 5.74) is 14.1. The van der Waals surface area contributed by atoms with E-state index in [-0.39, 0.29) is 0 Å². The summed E-state index contributed by atoms with van der Waals surface area (Å²) in [6, 6.07) is 78.5. The van der Waals surface area contributed by atoms with Crippen LogP contribution in [-0.2, 0) is 0 Å². The van der Waals surface area contributed by atoms with Gasteiger partial charge in [0.15, 0.2) is 0 Å². The summed E-state index contributed by atoms with van der Waals surface area (Å²) in [6.07, 6.45) is 4.64. The molecule has 0 amide bonds. The fourth-order valence-corrected chi connectivity index (χ4v) is 7.70. The van der Waals surface area contributed by atoms with Gasteiger partial charge in [-0.1, -0.05) is 188 Å². The topological polar surface area (TPSA) is 3.24 Å². The molecule has 9 aromatic carbocycles. The molecule has 56 heavy (non-hydrogen) atoms. The highest BCUT2D eigenvalue weighted by atomic mass is 15.1. The van der Waals surface area contributed by atoms with E-state index in [9.17, 15) is 0 Å². The Labute approximate surface area is 329 Å². The van der Waals surface area contributed by atoms with Gasteiger partial charge < -0.3 is 4.90 Å². The molecule has 0 N–H and O–H groups in total. The van der Waals surface area contributed by atoms with Crippen LogP contribution in [0.15, 0.2) is 218 Å². The molecule has 266 valence electrons. The molecule has 9 aromatic rings. The molecule has 0 aromatic heterocycles. The monoisotopic (exact) mass is 715 g/mol. The van der Waals surface area contributed by atoms with Crippen LogP contribution < -0.4 is 4.90 Å². The lowest BCUT2D eigenvalue weighted by atomic mass is 9.91. The summed E-state index contributed by atoms with van der Waals surface area (Å²) in [6.45, 7) is 2.14. The van der Waals surface area contributed by atoms with Gasteiger partial charge in [0.25, 0.3) is 0 Å². The molecule has 0 heterocycles. The molecular weight excluding hydrogens is 675 g/mol. The lowest BCUT2D eigenvalue weighted by molar-refractivity contribution is 1.27. The van der Waals surface area contributed by atoms with Crippen molar-refractivity contribution in [2.45, 2.75) is 6.92 Å². The largest absolute Gasteiger partial charge is 0.311 e. The molecule has 0 aliphatic rings. The van der Waals surface area contributed by atoms with E-state index in [1.807, 2.05) is 0 Å². The lowest BCUT2D eigenvalue weighted by Gasteiger charge is -2.26. The molecule has 0 saturated heterocycles. The van der Waals surface area contributed by atoms with Crippen molar-refractivity contribution in [1.29, 1.82) is 0 Å². The first-order valence-corrected chi connectivity index (χ1v) is 19.3. The number of hydrogen-bond acceptors (Lipinski definition) is 1. The lowest BCUT2D eigenvalue weighted by Crippen LogP contribution is -2.09. The van der Waals surface area contributed by atoms with E-state index in [2.05, 4.69) is 242 Å². The first kappa shape index (κ1) is 34.5. The van der Waals surface area contributed by atoms with Gasteiger partial charge >= 0.3 is 0 Å². The third-order valence-corrected chi connectivity index (χ3v) is 10.5. The Morgan fingerprint density at radius 2 is 0.696 bits per heavy atom. The van der Waals surface area contributed by atoms with Gasteiger partial charge in [-0.25, -0.2) is 0 Å². The average molecular weight is 716 g/mol. The zero-order chi connectivity index (χ0) is 37.7. The fraction of sp³-hybridized carbons (Fsp3) is 0.0182. The quantitative estimate of drug-likeness (QED) is 0.135. The van der Waals surface area contributed by atoms with Gasteiger partial charge in [0.05, 0.1) is 0 Å². The van der Waals surface area contributed by atoms with Crippen molar-refractivity contribution in [3.63, 3.8) is 0 Å². The van der Waals surface area contributed by atoms with E-state index in [1.165, 1.54) is 60.5 Å². The molecule has 0 atom stereocenters. The number of fused-ring (bicyclic) bond motifs is 2. The molecular formula is C55H41N. The molecule has 0 bridgehead atoms. The van der Waals surface area contributed by atoms with Gasteiger partial charge in [-0.3, -0.25) is 0 Å². The maximum atomic E-state index is 2.34. The summed E-state index contributed by atoms with van der Waals surface area (Å²) in [7, 11) is 0. The summed E-state index contributed by atoms with van der Waals surface area (Å²) >= 11 is 0. The third-order valence-electron chi connectivity index (χ3n) is 10.5. The number of aryl methyl sites for hydroxylation is 1. The van der Waals surface area contributed by atoms with Gasteiger partial charge in [-0.05, 0) is 122 Å². The Balaban J connectivity index is 1.10. The second-order valence-corrected chi connectivity index (χ2v) is 14.3. The first-order valence-electron chi connectivity index (χ1n) is 19.3. The van der Waals surface area contributed by atoms with Crippen LogP contribution in [0.25, 0.3) is 44.8 Å². The SMILES string of the molecule is Cc1ccc(N(c2ccc(C=C(c3ccccc3)c3cccc4ccccc34)cc2)c2ccc(C=C(c3ccccc3)c3cccc4ccccc34)cc2)cc1. The molecule has 0 saturated carbocycles. The minimum absolute atomic E-state index is 1.10. The van der Waals surface area contributed by atoms with E-state index in [4.69, 9.17) is 0 Å². The van der Waals surface area contributed by atoms with Crippen LogP contribution in [0, 0.1) is 6.92 Å². The van der Waals surface area contributed by atoms with Gasteiger partial charge in [0.2, 0.25) is 0 Å². The highest BCUT2D eigenvalue weighted by molar-refractivity contribution is 6.04. The predicted octanol–water partition coefficient (Wildman–Crippen LogP) is 14.9. The van der Waals surface area contributed by atoms with Crippen LogP contribution in [-0.4, -0.2) is 0 Å². The zero-order valence-electron chi connectivity index (χ0n) is 31.4. The first-order chi connectivity index (χ1) is 27.7.